The van der Waals surface area contributed by atoms with Crippen LogP contribution in [0.3, 0.4) is 0 Å². The third-order valence-corrected chi connectivity index (χ3v) is 8.00. The van der Waals surface area contributed by atoms with Gasteiger partial charge in [0.1, 0.15) is 23.2 Å². The van der Waals surface area contributed by atoms with Crippen molar-refractivity contribution in [1.29, 1.82) is 0 Å². The Bertz CT molecular complexity index is 771. The Labute approximate surface area is 189 Å². The lowest BCUT2D eigenvalue weighted by Crippen LogP contribution is -2.28. The van der Waals surface area contributed by atoms with Gasteiger partial charge >= 0.3 is 6.18 Å². The Balaban J connectivity index is 1.34. The molecule has 0 bridgehead atoms. The van der Waals surface area contributed by atoms with E-state index in [9.17, 15) is 17.6 Å². The Morgan fingerprint density at radius 1 is 0.969 bits per heavy atom. The fraction of sp³-hybridized carbons (Fsp3) is 0.769. The highest BCUT2D eigenvalue weighted by molar-refractivity contribution is 5.48. The van der Waals surface area contributed by atoms with E-state index in [1.807, 2.05) is 0 Å². The Morgan fingerprint density at radius 2 is 1.53 bits per heavy atom. The van der Waals surface area contributed by atoms with Crippen LogP contribution in [0.5, 0.6) is 5.75 Å². The third kappa shape index (κ3) is 5.43. The van der Waals surface area contributed by atoms with E-state index >= 15 is 0 Å². The molecule has 1 aliphatic heterocycles. The van der Waals surface area contributed by atoms with Crippen LogP contribution in [0.15, 0.2) is 6.07 Å². The van der Waals surface area contributed by atoms with Crippen molar-refractivity contribution in [3.63, 3.8) is 0 Å². The normalized spacial score (nSPS) is 30.9. The molecule has 4 rings (SSSR count). The molecule has 0 spiro atoms. The van der Waals surface area contributed by atoms with Crippen molar-refractivity contribution >= 4 is 0 Å². The average molecular weight is 457 g/mol. The third-order valence-electron chi connectivity index (χ3n) is 8.00. The van der Waals surface area contributed by atoms with E-state index in [2.05, 4.69) is 6.92 Å². The van der Waals surface area contributed by atoms with E-state index in [4.69, 9.17) is 9.47 Å². The molecule has 0 radical (unpaired) electrons. The van der Waals surface area contributed by atoms with Crippen molar-refractivity contribution in [3.8, 4) is 5.75 Å². The van der Waals surface area contributed by atoms with Crippen LogP contribution in [0.4, 0.5) is 17.6 Å². The highest BCUT2D eigenvalue weighted by Gasteiger charge is 2.43. The van der Waals surface area contributed by atoms with Gasteiger partial charge in [-0.1, -0.05) is 32.6 Å². The zero-order valence-corrected chi connectivity index (χ0v) is 19.3. The van der Waals surface area contributed by atoms with Crippen molar-refractivity contribution in [3.05, 3.63) is 28.6 Å². The zero-order chi connectivity index (χ0) is 22.9. The van der Waals surface area contributed by atoms with Gasteiger partial charge in [-0.25, -0.2) is 4.39 Å². The molecule has 0 aromatic heterocycles. The molecule has 180 valence electrons. The van der Waals surface area contributed by atoms with E-state index in [1.165, 1.54) is 44.6 Å². The Hall–Kier alpha value is -1.30. The molecule has 2 nitrogen and oxygen atoms in total. The van der Waals surface area contributed by atoms with Crippen molar-refractivity contribution in [2.45, 2.75) is 90.3 Å². The summed E-state index contributed by atoms with van der Waals surface area (Å²) in [7, 11) is 0. The minimum atomic E-state index is -4.80. The van der Waals surface area contributed by atoms with Crippen molar-refractivity contribution in [1.82, 2.24) is 0 Å². The molecule has 2 saturated carbocycles. The summed E-state index contributed by atoms with van der Waals surface area (Å²) in [6, 6.07) is 1.45. The molecule has 0 N–H and O–H groups in total. The van der Waals surface area contributed by atoms with Gasteiger partial charge in [-0.15, -0.1) is 0 Å². The fourth-order valence-electron chi connectivity index (χ4n) is 6.09. The maximum absolute atomic E-state index is 14.7. The first-order valence-electron chi connectivity index (χ1n) is 12.4. The maximum atomic E-state index is 14.7. The monoisotopic (exact) mass is 456 g/mol. The van der Waals surface area contributed by atoms with Gasteiger partial charge in [0.25, 0.3) is 0 Å². The lowest BCUT2D eigenvalue weighted by Gasteiger charge is -2.38. The topological polar surface area (TPSA) is 21.8 Å². The summed E-state index contributed by atoms with van der Waals surface area (Å²) >= 11 is 0. The number of rotatable bonds is 7. The van der Waals surface area contributed by atoms with Crippen LogP contribution in [0.25, 0.3) is 0 Å². The maximum Gasteiger partial charge on any atom is 0.422 e. The smallest absolute Gasteiger partial charge is 0.422 e. The van der Waals surface area contributed by atoms with Crippen LogP contribution in [-0.2, 0) is 10.9 Å². The van der Waals surface area contributed by atoms with E-state index in [1.54, 1.807) is 6.92 Å². The van der Waals surface area contributed by atoms with E-state index in [-0.39, 0.29) is 30.4 Å². The van der Waals surface area contributed by atoms with Gasteiger partial charge in [-0.3, -0.25) is 0 Å². The minimum Gasteiger partial charge on any atom is -0.492 e. The molecule has 1 unspecified atom stereocenters. The number of ether oxygens (including phenoxy) is 2. The summed E-state index contributed by atoms with van der Waals surface area (Å²) in [5, 5.41) is 0. The predicted molar refractivity (Wildman–Crippen MR) is 116 cm³/mol. The largest absolute Gasteiger partial charge is 0.492 e. The molecule has 32 heavy (non-hydrogen) atoms. The second-order valence-electron chi connectivity index (χ2n) is 10.3. The molecule has 0 amide bonds. The minimum absolute atomic E-state index is 0.0173. The summed E-state index contributed by atoms with van der Waals surface area (Å²) < 4.78 is 66.5. The number of halogens is 4. The summed E-state index contributed by atoms with van der Waals surface area (Å²) in [5.74, 6) is 1.11. The summed E-state index contributed by atoms with van der Waals surface area (Å²) in [6.07, 6.45) is 6.86. The second kappa shape index (κ2) is 9.90. The molecule has 6 heteroatoms. The van der Waals surface area contributed by atoms with Gasteiger partial charge in [0.05, 0.1) is 13.2 Å². The van der Waals surface area contributed by atoms with Crippen LogP contribution in [0.1, 0.15) is 93.9 Å². The first-order chi connectivity index (χ1) is 15.3. The molecule has 3 fully saturated rings. The van der Waals surface area contributed by atoms with Crippen LogP contribution in [0, 0.1) is 36.4 Å². The predicted octanol–water partition coefficient (Wildman–Crippen LogP) is 8.02. The summed E-state index contributed by atoms with van der Waals surface area (Å²) in [4.78, 5) is 0. The molecule has 1 aromatic rings. The van der Waals surface area contributed by atoms with Gasteiger partial charge in [0.2, 0.25) is 0 Å². The number of alkyl halides is 3. The lowest BCUT2D eigenvalue weighted by atomic mass is 9.69. The first kappa shape index (κ1) is 23.8. The molecular formula is C26H36F4O2. The quantitative estimate of drug-likeness (QED) is 0.306. The molecule has 2 aliphatic carbocycles. The van der Waals surface area contributed by atoms with Gasteiger partial charge in [-0.2, -0.15) is 13.2 Å². The molecular weight excluding hydrogens is 420 g/mol. The average Bonchev–Trinajstić information content (AvgIpc) is 3.59. The van der Waals surface area contributed by atoms with Crippen LogP contribution in [-0.4, -0.2) is 13.2 Å². The van der Waals surface area contributed by atoms with E-state index < -0.39 is 23.7 Å². The number of aryl methyl sites for hydroxylation is 1. The first-order valence-corrected chi connectivity index (χ1v) is 12.4. The van der Waals surface area contributed by atoms with Crippen LogP contribution < -0.4 is 4.74 Å². The lowest BCUT2D eigenvalue weighted by molar-refractivity contribution is -0.141. The zero-order valence-electron chi connectivity index (χ0n) is 19.3. The highest BCUT2D eigenvalue weighted by Crippen LogP contribution is 2.46. The van der Waals surface area contributed by atoms with Crippen molar-refractivity contribution in [2.24, 2.45) is 23.7 Å². The van der Waals surface area contributed by atoms with Crippen molar-refractivity contribution in [2.75, 3.05) is 13.2 Å². The highest BCUT2D eigenvalue weighted by atomic mass is 19.4. The number of hydrogen-bond acceptors (Lipinski definition) is 2. The van der Waals surface area contributed by atoms with E-state index in [0.29, 0.717) is 5.56 Å². The number of benzene rings is 1. The Kier molecular flexibility index (Phi) is 7.38. The number of epoxide rings is 1. The van der Waals surface area contributed by atoms with Gasteiger partial charge in [0.15, 0.2) is 0 Å². The summed E-state index contributed by atoms with van der Waals surface area (Å²) in [5.41, 5.74) is -0.974. The number of hydrogen-bond donors (Lipinski definition) is 0. The Morgan fingerprint density at radius 3 is 2.03 bits per heavy atom. The standard InChI is InChI=1S/C26H36F4O2/c1-3-4-17-5-9-19(10-6-17)20-11-7-18(8-12-20)14-32-25-16(2)13-21(22-15-31-22)24(27)23(25)26(28,29)30/h13,17-20,22H,3-12,14-15H2,1-2H3. The van der Waals surface area contributed by atoms with Gasteiger partial charge in [-0.05, 0) is 80.8 Å². The van der Waals surface area contributed by atoms with Crippen LogP contribution in [0.2, 0.25) is 0 Å². The molecule has 1 atom stereocenters. The summed E-state index contributed by atoms with van der Waals surface area (Å²) in [6.45, 7) is 4.30. The van der Waals surface area contributed by atoms with Gasteiger partial charge < -0.3 is 9.47 Å². The van der Waals surface area contributed by atoms with E-state index in [0.717, 1.165) is 43.4 Å². The molecule has 1 aromatic carbocycles. The molecule has 1 heterocycles. The molecule has 3 aliphatic rings. The fourth-order valence-corrected chi connectivity index (χ4v) is 6.09. The van der Waals surface area contributed by atoms with Gasteiger partial charge in [0, 0.05) is 5.56 Å². The molecule has 1 saturated heterocycles. The van der Waals surface area contributed by atoms with Crippen molar-refractivity contribution < 1.29 is 27.0 Å². The van der Waals surface area contributed by atoms with Crippen LogP contribution >= 0.6 is 0 Å². The second-order valence-corrected chi connectivity index (χ2v) is 10.3. The SMILES string of the molecule is CCCC1CCC(C2CCC(COc3c(C)cc(C4CO4)c(F)c3C(F)(F)F)CC2)CC1.